The number of nitrogens with zero attached hydrogens (tertiary/aromatic N) is 5. The van der Waals surface area contributed by atoms with Crippen LogP contribution < -0.4 is 16.0 Å². The highest BCUT2D eigenvalue weighted by Gasteiger charge is 2.26. The molecule has 0 aromatic carbocycles. The monoisotopic (exact) mass is 526 g/mol. The van der Waals surface area contributed by atoms with Crippen LogP contribution in [0.1, 0.15) is 64.3 Å². The summed E-state index contributed by atoms with van der Waals surface area (Å²) in [5, 5.41) is 18.6. The number of carbonyl (C=O) groups excluding carboxylic acids is 2. The Hall–Kier alpha value is -3.90. The number of likely N-dealkylation sites (N-methyl/N-ethyl adjacent to an activating group) is 1. The molecule has 2 aromatic rings. The fourth-order valence-corrected chi connectivity index (χ4v) is 3.36. The van der Waals surface area contributed by atoms with E-state index in [4.69, 9.17) is 10.00 Å². The summed E-state index contributed by atoms with van der Waals surface area (Å²) >= 11 is 1.22. The molecule has 3 N–H and O–H groups in total. The quantitative estimate of drug-likeness (QED) is 0.310. The first kappa shape index (κ1) is 29.3. The number of anilines is 3. The van der Waals surface area contributed by atoms with E-state index in [1.807, 2.05) is 6.07 Å². The van der Waals surface area contributed by atoms with Crippen molar-refractivity contribution in [1.82, 2.24) is 25.2 Å². The van der Waals surface area contributed by atoms with Crippen LogP contribution in [-0.4, -0.2) is 63.6 Å². The SMILES string of the molecule is CCCNc1nc(Nc2ncc(C#N)s2)ncc1C#CCCCNC(=O)[C@H](C)N(C)C(=O)OC(C)(C)C. The predicted molar refractivity (Wildman–Crippen MR) is 144 cm³/mol. The molecule has 0 unspecified atom stereocenters. The van der Waals surface area contributed by atoms with Crippen molar-refractivity contribution in [2.75, 3.05) is 30.8 Å². The Morgan fingerprint density at radius 3 is 2.65 bits per heavy atom. The number of amides is 2. The van der Waals surface area contributed by atoms with Crippen LogP contribution in [0.5, 0.6) is 0 Å². The van der Waals surface area contributed by atoms with Gasteiger partial charge in [-0.1, -0.05) is 30.1 Å². The topological polar surface area (TPSA) is 145 Å². The van der Waals surface area contributed by atoms with E-state index in [1.54, 1.807) is 33.9 Å². The lowest BCUT2D eigenvalue weighted by Gasteiger charge is -2.28. The van der Waals surface area contributed by atoms with Gasteiger partial charge in [-0.15, -0.1) is 0 Å². The second-order valence-corrected chi connectivity index (χ2v) is 10.1. The van der Waals surface area contributed by atoms with Crippen LogP contribution in [0.3, 0.4) is 0 Å². The zero-order valence-electron chi connectivity index (χ0n) is 22.1. The molecule has 0 saturated carbocycles. The van der Waals surface area contributed by atoms with Gasteiger partial charge in [0, 0.05) is 26.6 Å². The first-order valence-corrected chi connectivity index (χ1v) is 12.8. The zero-order valence-corrected chi connectivity index (χ0v) is 23.0. The molecule has 0 saturated heterocycles. The molecule has 2 aromatic heterocycles. The van der Waals surface area contributed by atoms with Crippen LogP contribution in [0.2, 0.25) is 0 Å². The third-order valence-corrected chi connectivity index (χ3v) is 5.63. The molecule has 0 aliphatic carbocycles. The number of ether oxygens (including phenoxy) is 1. The summed E-state index contributed by atoms with van der Waals surface area (Å²) in [5.41, 5.74) is 0.0321. The van der Waals surface area contributed by atoms with Crippen molar-refractivity contribution in [2.45, 2.75) is 65.5 Å². The van der Waals surface area contributed by atoms with Crippen molar-refractivity contribution < 1.29 is 14.3 Å². The van der Waals surface area contributed by atoms with Crippen molar-refractivity contribution in [3.8, 4) is 17.9 Å². The Morgan fingerprint density at radius 2 is 2.00 bits per heavy atom. The maximum Gasteiger partial charge on any atom is 0.410 e. The van der Waals surface area contributed by atoms with Crippen LogP contribution in [0.4, 0.5) is 21.7 Å². The molecular weight excluding hydrogens is 492 g/mol. The molecule has 0 fully saturated rings. The summed E-state index contributed by atoms with van der Waals surface area (Å²) in [7, 11) is 1.54. The molecule has 2 heterocycles. The number of hydrogen-bond acceptors (Lipinski definition) is 10. The number of aromatic nitrogens is 3. The van der Waals surface area contributed by atoms with Crippen molar-refractivity contribution >= 4 is 40.2 Å². The highest BCUT2D eigenvalue weighted by atomic mass is 32.1. The largest absolute Gasteiger partial charge is 0.444 e. The van der Waals surface area contributed by atoms with Crippen molar-refractivity contribution in [2.24, 2.45) is 0 Å². The number of carbonyl (C=O) groups is 2. The number of nitrogens with one attached hydrogen (secondary N) is 3. The summed E-state index contributed by atoms with van der Waals surface area (Å²) in [6.45, 7) is 10.2. The van der Waals surface area contributed by atoms with Gasteiger partial charge in [-0.25, -0.2) is 14.8 Å². The molecule has 37 heavy (non-hydrogen) atoms. The smallest absolute Gasteiger partial charge is 0.410 e. The fourth-order valence-electron chi connectivity index (χ4n) is 2.75. The third-order valence-electron chi connectivity index (χ3n) is 4.81. The highest BCUT2D eigenvalue weighted by Crippen LogP contribution is 2.21. The molecule has 198 valence electrons. The maximum atomic E-state index is 12.4. The molecule has 0 bridgehead atoms. The number of thiazole rings is 1. The Kier molecular flexibility index (Phi) is 11.1. The number of hydrogen-bond donors (Lipinski definition) is 3. The van der Waals surface area contributed by atoms with E-state index in [2.05, 4.69) is 49.7 Å². The van der Waals surface area contributed by atoms with Gasteiger partial charge in [0.2, 0.25) is 11.9 Å². The van der Waals surface area contributed by atoms with Crippen LogP contribution >= 0.6 is 11.3 Å². The van der Waals surface area contributed by atoms with E-state index in [-0.39, 0.29) is 5.91 Å². The zero-order chi connectivity index (χ0) is 27.4. The molecule has 0 spiro atoms. The minimum absolute atomic E-state index is 0.258. The summed E-state index contributed by atoms with van der Waals surface area (Å²) < 4.78 is 5.30. The van der Waals surface area contributed by atoms with Gasteiger partial charge >= 0.3 is 6.09 Å². The minimum atomic E-state index is -0.659. The minimum Gasteiger partial charge on any atom is -0.444 e. The van der Waals surface area contributed by atoms with Crippen LogP contribution in [0.25, 0.3) is 0 Å². The van der Waals surface area contributed by atoms with Crippen molar-refractivity contribution in [3.05, 3.63) is 22.8 Å². The van der Waals surface area contributed by atoms with E-state index in [1.165, 1.54) is 29.5 Å². The van der Waals surface area contributed by atoms with E-state index in [0.717, 1.165) is 13.0 Å². The van der Waals surface area contributed by atoms with Gasteiger partial charge in [0.15, 0.2) is 5.13 Å². The van der Waals surface area contributed by atoms with Gasteiger partial charge in [-0.2, -0.15) is 10.2 Å². The van der Waals surface area contributed by atoms with E-state index >= 15 is 0 Å². The summed E-state index contributed by atoms with van der Waals surface area (Å²) in [6.07, 6.45) is 4.69. The average Bonchev–Trinajstić information content (AvgIpc) is 3.31. The molecule has 2 rings (SSSR count). The van der Waals surface area contributed by atoms with Gasteiger partial charge < -0.3 is 15.4 Å². The Balaban J connectivity index is 1.89. The Bertz CT molecular complexity index is 1170. The molecule has 2 amide bonds. The lowest BCUT2D eigenvalue weighted by atomic mass is 10.2. The average molecular weight is 527 g/mol. The second kappa shape index (κ2) is 14.0. The van der Waals surface area contributed by atoms with Crippen LogP contribution in [-0.2, 0) is 9.53 Å². The molecule has 11 nitrogen and oxygen atoms in total. The van der Waals surface area contributed by atoms with E-state index in [9.17, 15) is 9.59 Å². The van der Waals surface area contributed by atoms with Crippen LogP contribution in [0.15, 0.2) is 12.4 Å². The first-order chi connectivity index (χ1) is 17.5. The van der Waals surface area contributed by atoms with Gasteiger partial charge in [-0.05, 0) is 40.5 Å². The fraction of sp³-hybridized carbons (Fsp3) is 0.520. The predicted octanol–water partition coefficient (Wildman–Crippen LogP) is 3.87. The molecular formula is C25H34N8O3S. The Labute approximate surface area is 222 Å². The number of unbranched alkanes of at least 4 members (excludes halogenated alkanes) is 1. The summed E-state index contributed by atoms with van der Waals surface area (Å²) in [6, 6.07) is 1.39. The van der Waals surface area contributed by atoms with Crippen molar-refractivity contribution in [1.29, 1.82) is 5.26 Å². The first-order valence-electron chi connectivity index (χ1n) is 12.0. The van der Waals surface area contributed by atoms with E-state index in [0.29, 0.717) is 46.7 Å². The molecule has 1 atom stereocenters. The molecule has 12 heteroatoms. The number of nitriles is 1. The van der Waals surface area contributed by atoms with Gasteiger partial charge in [0.1, 0.15) is 28.4 Å². The molecule has 0 aliphatic rings. The standard InChI is InChI=1S/C25H34N8O3S/c1-7-12-27-20-18(15-29-22(31-20)32-23-30-16-19(14-26)37-23)11-9-8-10-13-28-21(34)17(2)33(6)24(35)36-25(3,4)5/h15-17H,7-8,10,12-13H2,1-6H3,(H,28,34)(H2,27,29,30,31,32)/t17-/m0/s1. The molecule has 0 radical (unpaired) electrons. The van der Waals surface area contributed by atoms with Gasteiger partial charge in [0.25, 0.3) is 0 Å². The summed E-state index contributed by atoms with van der Waals surface area (Å²) in [4.78, 5) is 39.2. The highest BCUT2D eigenvalue weighted by molar-refractivity contribution is 7.16. The van der Waals surface area contributed by atoms with Gasteiger partial charge in [0.05, 0.1) is 18.0 Å². The second-order valence-electron chi connectivity index (χ2n) is 9.11. The van der Waals surface area contributed by atoms with Crippen molar-refractivity contribution in [3.63, 3.8) is 0 Å². The maximum absolute atomic E-state index is 12.4. The normalized spacial score (nSPS) is 11.4. The lowest BCUT2D eigenvalue weighted by molar-refractivity contribution is -0.125. The third kappa shape index (κ3) is 9.94. The van der Waals surface area contributed by atoms with E-state index < -0.39 is 17.7 Å². The van der Waals surface area contributed by atoms with Crippen LogP contribution in [0, 0.1) is 23.2 Å². The lowest BCUT2D eigenvalue weighted by Crippen LogP contribution is -2.47. The molecule has 0 aliphatic heterocycles. The number of rotatable bonds is 10. The summed E-state index contributed by atoms with van der Waals surface area (Å²) in [5.74, 6) is 6.89. The Morgan fingerprint density at radius 1 is 1.24 bits per heavy atom. The van der Waals surface area contributed by atoms with Gasteiger partial charge in [-0.3, -0.25) is 15.0 Å².